The first kappa shape index (κ1) is 26.4. The predicted molar refractivity (Wildman–Crippen MR) is 123 cm³/mol. The zero-order valence-corrected chi connectivity index (χ0v) is 20.9. The number of aromatic nitrogens is 3. The molecule has 188 valence electrons. The van der Waals surface area contributed by atoms with Gasteiger partial charge in [0.2, 0.25) is 6.33 Å². The van der Waals surface area contributed by atoms with Crippen LogP contribution < -0.4 is 9.30 Å². The molecule has 11 heteroatoms. The quantitative estimate of drug-likeness (QED) is 0.285. The lowest BCUT2D eigenvalue weighted by molar-refractivity contribution is -0.689. The SMILES string of the molecule is CC(=O)Oc1c(C)cc(C[n+]2cnn(C[C@@](O)(c3ccc(F)cc3F)[C@@H](C)S(C)(=O)=O)c2)cc1C. The topological polar surface area (TPSA) is 102 Å². The maximum atomic E-state index is 14.6. The molecule has 0 unspecified atom stereocenters. The number of aryl methyl sites for hydroxylation is 2. The van der Waals surface area contributed by atoms with Crippen molar-refractivity contribution in [3.05, 3.63) is 76.9 Å². The van der Waals surface area contributed by atoms with E-state index in [0.29, 0.717) is 18.4 Å². The van der Waals surface area contributed by atoms with Crippen LogP contribution in [0.5, 0.6) is 5.75 Å². The Kier molecular flexibility index (Phi) is 7.42. The number of ether oxygens (including phenoxy) is 1. The molecule has 0 spiro atoms. The summed E-state index contributed by atoms with van der Waals surface area (Å²) in [6, 6.07) is 6.34. The van der Waals surface area contributed by atoms with Crippen LogP contribution in [-0.4, -0.2) is 40.8 Å². The third-order valence-electron chi connectivity index (χ3n) is 5.88. The van der Waals surface area contributed by atoms with Gasteiger partial charge in [0, 0.05) is 29.9 Å². The van der Waals surface area contributed by atoms with Crippen molar-refractivity contribution in [1.29, 1.82) is 0 Å². The lowest BCUT2D eigenvalue weighted by Crippen LogP contribution is -2.46. The van der Waals surface area contributed by atoms with Crippen molar-refractivity contribution < 1.29 is 36.4 Å². The van der Waals surface area contributed by atoms with Crippen molar-refractivity contribution in [3.8, 4) is 5.75 Å². The van der Waals surface area contributed by atoms with Crippen LogP contribution in [0, 0.1) is 25.5 Å². The Morgan fingerprint density at radius 3 is 2.40 bits per heavy atom. The molecule has 1 heterocycles. The summed E-state index contributed by atoms with van der Waals surface area (Å²) in [5, 5.41) is 14.2. The first-order valence-corrected chi connectivity index (χ1v) is 12.7. The van der Waals surface area contributed by atoms with Crippen LogP contribution in [0.4, 0.5) is 8.78 Å². The molecule has 0 bridgehead atoms. The molecular weight excluding hydrogens is 480 g/mol. The monoisotopic (exact) mass is 508 g/mol. The van der Waals surface area contributed by atoms with E-state index in [1.165, 1.54) is 24.9 Å². The highest BCUT2D eigenvalue weighted by Crippen LogP contribution is 2.33. The second kappa shape index (κ2) is 9.82. The lowest BCUT2D eigenvalue weighted by atomic mass is 9.90. The molecule has 0 aliphatic rings. The van der Waals surface area contributed by atoms with Crippen molar-refractivity contribution in [2.75, 3.05) is 6.26 Å². The molecule has 0 radical (unpaired) electrons. The fourth-order valence-electron chi connectivity index (χ4n) is 4.05. The molecule has 0 fully saturated rings. The molecule has 35 heavy (non-hydrogen) atoms. The van der Waals surface area contributed by atoms with Gasteiger partial charge in [0.25, 0.3) is 6.33 Å². The van der Waals surface area contributed by atoms with E-state index in [9.17, 15) is 27.1 Å². The van der Waals surface area contributed by atoms with Gasteiger partial charge in [-0.05, 0) is 55.7 Å². The summed E-state index contributed by atoms with van der Waals surface area (Å²) in [5.41, 5.74) is -0.0951. The van der Waals surface area contributed by atoms with E-state index in [1.807, 2.05) is 26.0 Å². The van der Waals surface area contributed by atoms with Crippen molar-refractivity contribution in [2.24, 2.45) is 0 Å². The Balaban J connectivity index is 1.92. The second-order valence-corrected chi connectivity index (χ2v) is 11.2. The summed E-state index contributed by atoms with van der Waals surface area (Å²) in [6.45, 7) is 6.25. The summed E-state index contributed by atoms with van der Waals surface area (Å²) in [4.78, 5) is 11.3. The number of nitrogens with zero attached hydrogens (tertiary/aromatic N) is 3. The van der Waals surface area contributed by atoms with Gasteiger partial charge in [0.1, 0.15) is 29.5 Å². The average molecular weight is 509 g/mol. The highest BCUT2D eigenvalue weighted by atomic mass is 32.2. The Hall–Kier alpha value is -3.18. The molecule has 8 nitrogen and oxygen atoms in total. The van der Waals surface area contributed by atoms with Crippen LogP contribution in [0.1, 0.15) is 36.1 Å². The van der Waals surface area contributed by atoms with Gasteiger partial charge in [-0.2, -0.15) is 0 Å². The molecule has 0 amide bonds. The molecular formula is C24H28F2N3O5S+. The molecule has 3 rings (SSSR count). The standard InChI is InChI=1S/C24H28F2N3O5S/c1-15-8-19(9-16(2)23(15)34-18(4)30)11-28-13-27-29(14-28)12-24(31,17(3)35(5,32)33)21-7-6-20(25)10-22(21)26/h6-10,13-14,17,31H,11-12H2,1-5H3/q+1/t17-,24+/m1/s1. The molecule has 1 N–H and O–H groups in total. The molecule has 0 saturated heterocycles. The van der Waals surface area contributed by atoms with E-state index in [2.05, 4.69) is 5.10 Å². The molecule has 1 aromatic heterocycles. The molecule has 0 aliphatic heterocycles. The van der Waals surface area contributed by atoms with Crippen LogP contribution in [0.25, 0.3) is 0 Å². The number of rotatable bonds is 8. The maximum absolute atomic E-state index is 14.6. The molecule has 2 atom stereocenters. The third kappa shape index (κ3) is 5.91. The van der Waals surface area contributed by atoms with E-state index < -0.39 is 38.3 Å². The first-order chi connectivity index (χ1) is 16.2. The van der Waals surface area contributed by atoms with Crippen LogP contribution in [0.15, 0.2) is 43.0 Å². The number of benzene rings is 2. The number of hydrogen-bond donors (Lipinski definition) is 1. The van der Waals surface area contributed by atoms with E-state index in [-0.39, 0.29) is 12.1 Å². The predicted octanol–water partition coefficient (Wildman–Crippen LogP) is 2.36. The molecule has 2 aromatic carbocycles. The van der Waals surface area contributed by atoms with Gasteiger partial charge in [-0.3, -0.25) is 4.79 Å². The lowest BCUT2D eigenvalue weighted by Gasteiger charge is -2.31. The maximum Gasteiger partial charge on any atom is 0.308 e. The number of halogens is 2. The normalized spacial score (nSPS) is 14.4. The molecule has 0 aliphatic carbocycles. The van der Waals surface area contributed by atoms with Crippen molar-refractivity contribution in [2.45, 2.75) is 51.6 Å². The highest BCUT2D eigenvalue weighted by Gasteiger charge is 2.45. The number of aliphatic hydroxyl groups is 1. The Bertz CT molecular complexity index is 1350. The number of carbonyl (C=O) groups excluding carboxylic acids is 1. The van der Waals surface area contributed by atoms with E-state index in [4.69, 9.17) is 4.74 Å². The smallest absolute Gasteiger partial charge is 0.308 e. The summed E-state index contributed by atoms with van der Waals surface area (Å²) >= 11 is 0. The fourth-order valence-corrected chi connectivity index (χ4v) is 4.96. The summed E-state index contributed by atoms with van der Waals surface area (Å²) < 4.78 is 60.9. The van der Waals surface area contributed by atoms with Gasteiger partial charge in [0.15, 0.2) is 9.84 Å². The van der Waals surface area contributed by atoms with Crippen LogP contribution in [0.2, 0.25) is 0 Å². The van der Waals surface area contributed by atoms with Gasteiger partial charge >= 0.3 is 5.97 Å². The van der Waals surface area contributed by atoms with E-state index in [0.717, 1.165) is 35.1 Å². The number of esters is 1. The van der Waals surface area contributed by atoms with E-state index in [1.54, 1.807) is 10.9 Å². The largest absolute Gasteiger partial charge is 0.426 e. The molecule has 0 saturated carbocycles. The number of carbonyl (C=O) groups is 1. The highest BCUT2D eigenvalue weighted by molar-refractivity contribution is 7.91. The summed E-state index contributed by atoms with van der Waals surface area (Å²) in [7, 11) is -3.81. The van der Waals surface area contributed by atoms with Crippen LogP contribution >= 0.6 is 0 Å². The number of sulfone groups is 1. The van der Waals surface area contributed by atoms with Gasteiger partial charge in [-0.25, -0.2) is 21.8 Å². The Labute approximate surface area is 202 Å². The fraction of sp³-hybridized carbons (Fsp3) is 0.375. The van der Waals surface area contributed by atoms with Crippen LogP contribution in [0.3, 0.4) is 0 Å². The second-order valence-electron chi connectivity index (χ2n) is 8.79. The van der Waals surface area contributed by atoms with Gasteiger partial charge in [0.05, 0.1) is 11.8 Å². The minimum atomic E-state index is -3.81. The zero-order valence-electron chi connectivity index (χ0n) is 20.1. The van der Waals surface area contributed by atoms with Gasteiger partial charge < -0.3 is 9.84 Å². The Morgan fingerprint density at radius 1 is 1.23 bits per heavy atom. The first-order valence-electron chi connectivity index (χ1n) is 10.8. The van der Waals surface area contributed by atoms with E-state index >= 15 is 0 Å². The zero-order chi connectivity index (χ0) is 26.1. The van der Waals surface area contributed by atoms with Crippen LogP contribution in [-0.2, 0) is 33.3 Å². The minimum absolute atomic E-state index is 0.341. The van der Waals surface area contributed by atoms with Gasteiger partial charge in [-0.15, -0.1) is 4.68 Å². The Morgan fingerprint density at radius 2 is 1.86 bits per heavy atom. The van der Waals surface area contributed by atoms with Crippen molar-refractivity contribution >= 4 is 15.8 Å². The number of hydrogen-bond acceptors (Lipinski definition) is 6. The third-order valence-corrected chi connectivity index (χ3v) is 7.55. The minimum Gasteiger partial charge on any atom is -0.426 e. The molecule has 3 aromatic rings. The average Bonchev–Trinajstić information content (AvgIpc) is 3.15. The van der Waals surface area contributed by atoms with Gasteiger partial charge in [-0.1, -0.05) is 6.07 Å². The van der Waals surface area contributed by atoms with Crippen molar-refractivity contribution in [1.82, 2.24) is 9.78 Å². The summed E-state index contributed by atoms with van der Waals surface area (Å²) in [5.74, 6) is -1.80. The summed E-state index contributed by atoms with van der Waals surface area (Å²) in [6.07, 6.45) is 3.97. The van der Waals surface area contributed by atoms with Crippen molar-refractivity contribution in [3.63, 3.8) is 0 Å².